The maximum Gasteiger partial charge on any atom is 0.162 e. The third-order valence-corrected chi connectivity index (χ3v) is 11.5. The van der Waals surface area contributed by atoms with E-state index in [1.165, 1.54) is 33.0 Å². The van der Waals surface area contributed by atoms with Gasteiger partial charge in [0.1, 0.15) is 0 Å². The van der Waals surface area contributed by atoms with Crippen molar-refractivity contribution in [2.75, 3.05) is 0 Å². The summed E-state index contributed by atoms with van der Waals surface area (Å²) >= 11 is 0. The Balaban J connectivity index is 1.06. The second-order valence-corrected chi connectivity index (χ2v) is 15.3. The van der Waals surface area contributed by atoms with Crippen molar-refractivity contribution in [1.29, 1.82) is 5.41 Å². The zero-order valence-electron chi connectivity index (χ0n) is 32.3. The molecule has 0 saturated carbocycles. The third kappa shape index (κ3) is 5.96. The maximum absolute atomic E-state index is 9.40. The summed E-state index contributed by atoms with van der Waals surface area (Å²) in [5.41, 5.74) is 14.9. The molecule has 1 aliphatic rings. The maximum atomic E-state index is 9.40. The Morgan fingerprint density at radius 1 is 0.621 bits per heavy atom. The van der Waals surface area contributed by atoms with Crippen molar-refractivity contribution in [2.45, 2.75) is 19.3 Å². The minimum Gasteiger partial charge on any atom is -0.309 e. The van der Waals surface area contributed by atoms with Gasteiger partial charge in [0, 0.05) is 57.2 Å². The number of amidine groups is 2. The number of benzene rings is 7. The lowest BCUT2D eigenvalue weighted by atomic mass is 9.82. The Hall–Kier alpha value is -7.50. The van der Waals surface area contributed by atoms with E-state index in [0.717, 1.165) is 50.1 Å². The summed E-state index contributed by atoms with van der Waals surface area (Å²) in [4.78, 5) is 14.4. The van der Waals surface area contributed by atoms with E-state index in [1.54, 1.807) is 6.20 Å². The Morgan fingerprint density at radius 3 is 2.17 bits per heavy atom. The molecule has 2 heterocycles. The first-order valence-corrected chi connectivity index (χ1v) is 19.6. The normalized spacial score (nSPS) is 13.2. The predicted molar refractivity (Wildman–Crippen MR) is 241 cm³/mol. The van der Waals surface area contributed by atoms with Crippen LogP contribution in [-0.4, -0.2) is 27.4 Å². The van der Waals surface area contributed by atoms with Crippen LogP contribution in [0.15, 0.2) is 198 Å². The van der Waals surface area contributed by atoms with Crippen molar-refractivity contribution in [3.63, 3.8) is 0 Å². The molecular formula is C53H39N5. The number of rotatable bonds is 6. The van der Waals surface area contributed by atoms with Gasteiger partial charge in [-0.15, -0.1) is 0 Å². The summed E-state index contributed by atoms with van der Waals surface area (Å²) in [6.07, 6.45) is 5.50. The summed E-state index contributed by atoms with van der Waals surface area (Å²) in [7, 11) is 0. The largest absolute Gasteiger partial charge is 0.309 e. The van der Waals surface area contributed by atoms with Crippen molar-refractivity contribution in [3.8, 4) is 39.1 Å². The van der Waals surface area contributed by atoms with Gasteiger partial charge >= 0.3 is 0 Å². The van der Waals surface area contributed by atoms with Crippen molar-refractivity contribution in [1.82, 2.24) is 9.55 Å². The Labute approximate surface area is 337 Å². The molecule has 2 aromatic heterocycles. The topological polar surface area (TPSA) is 66.4 Å². The van der Waals surface area contributed by atoms with Crippen LogP contribution in [0.25, 0.3) is 60.9 Å². The fraction of sp³-hybridized carbons (Fsp3) is 0.0566. The highest BCUT2D eigenvalue weighted by molar-refractivity contribution is 6.18. The first kappa shape index (κ1) is 35.0. The number of para-hydroxylation sites is 2. The first-order valence-electron chi connectivity index (χ1n) is 19.6. The molecular weight excluding hydrogens is 707 g/mol. The van der Waals surface area contributed by atoms with Crippen molar-refractivity contribution >= 4 is 39.7 Å². The molecule has 58 heavy (non-hydrogen) atoms. The number of hydrogen-bond acceptors (Lipinski definition) is 2. The summed E-state index contributed by atoms with van der Waals surface area (Å²) in [5, 5.41) is 11.8. The quantitative estimate of drug-likeness (QED) is 0.134. The molecule has 0 amide bonds. The lowest BCUT2D eigenvalue weighted by molar-refractivity contribution is 0.660. The lowest BCUT2D eigenvalue weighted by Crippen LogP contribution is -2.15. The van der Waals surface area contributed by atoms with Gasteiger partial charge in [0.2, 0.25) is 0 Å². The van der Waals surface area contributed by atoms with Gasteiger partial charge in [-0.3, -0.25) is 10.4 Å². The zero-order chi connectivity index (χ0) is 39.2. The number of aromatic nitrogens is 2. The number of pyridine rings is 1. The van der Waals surface area contributed by atoms with Crippen molar-refractivity contribution in [3.05, 3.63) is 216 Å². The van der Waals surface area contributed by atoms with Crippen molar-refractivity contribution < 1.29 is 0 Å². The molecule has 0 atom stereocenters. The smallest absolute Gasteiger partial charge is 0.162 e. The van der Waals surface area contributed by atoms with Gasteiger partial charge < -0.3 is 4.57 Å². The van der Waals surface area contributed by atoms with Gasteiger partial charge in [0.25, 0.3) is 0 Å². The van der Waals surface area contributed by atoms with E-state index in [1.807, 2.05) is 42.7 Å². The van der Waals surface area contributed by atoms with E-state index in [-0.39, 0.29) is 11.3 Å². The van der Waals surface area contributed by atoms with E-state index < -0.39 is 0 Å². The number of nitrogens with zero attached hydrogens (tertiary/aromatic N) is 4. The molecule has 9 aromatic rings. The Bertz CT molecular complexity index is 3080. The monoisotopic (exact) mass is 745 g/mol. The van der Waals surface area contributed by atoms with Crippen LogP contribution < -0.4 is 0 Å². The highest BCUT2D eigenvalue weighted by atomic mass is 15.0. The number of fused-ring (bicyclic) bond motifs is 6. The van der Waals surface area contributed by atoms with Crippen LogP contribution in [0.2, 0.25) is 0 Å². The van der Waals surface area contributed by atoms with Gasteiger partial charge in [0.15, 0.2) is 11.7 Å². The Morgan fingerprint density at radius 2 is 1.33 bits per heavy atom. The summed E-state index contributed by atoms with van der Waals surface area (Å²) in [6, 6.07) is 61.1. The summed E-state index contributed by atoms with van der Waals surface area (Å²) < 4.78 is 2.34. The number of hydrogen-bond donors (Lipinski definition) is 1. The third-order valence-electron chi connectivity index (χ3n) is 11.5. The second-order valence-electron chi connectivity index (χ2n) is 15.3. The standard InChI is InChI=1S/C53H39N5/c1-53(2)45-23-8-6-19-42(45)49-44(22-11-24-46(49)53)52(56-33-35-14-10-15-38(32-35)39-16-13-31-55-34-39)57-51(54)37-29-27-36(28-30-37)41-21-12-26-48-50(41)43-20-7-9-25-47(43)58(48)40-17-4-3-5-18-40/h3-34,54H,1-2H3. The van der Waals surface area contributed by atoms with Crippen LogP contribution in [0.4, 0.5) is 0 Å². The van der Waals surface area contributed by atoms with Crippen LogP contribution >= 0.6 is 0 Å². The van der Waals surface area contributed by atoms with E-state index in [0.29, 0.717) is 11.4 Å². The molecule has 276 valence electrons. The van der Waals surface area contributed by atoms with Crippen LogP contribution in [0.1, 0.15) is 41.7 Å². The van der Waals surface area contributed by atoms with Gasteiger partial charge in [-0.1, -0.05) is 153 Å². The first-order chi connectivity index (χ1) is 28.5. The summed E-state index contributed by atoms with van der Waals surface area (Å²) in [5.74, 6) is 0.633. The van der Waals surface area contributed by atoms with Gasteiger partial charge in [-0.05, 0) is 80.9 Å². The zero-order valence-corrected chi connectivity index (χ0v) is 32.3. The van der Waals surface area contributed by atoms with E-state index in [9.17, 15) is 5.41 Å². The number of nitrogens with one attached hydrogen (secondary N) is 1. The molecule has 7 aromatic carbocycles. The SMILES string of the molecule is CC1(C)c2ccccc2-c2c(C(N=Cc3cccc(-c4cccnc4)c3)=NC(=N)c3ccc(-c4cccc5c4c4ccccc4n5-c4ccccc4)cc3)cccc21. The molecule has 0 spiro atoms. The highest BCUT2D eigenvalue weighted by Crippen LogP contribution is 2.50. The molecule has 5 nitrogen and oxygen atoms in total. The lowest BCUT2D eigenvalue weighted by Gasteiger charge is -2.21. The molecule has 0 aliphatic heterocycles. The van der Waals surface area contributed by atoms with Crippen LogP contribution in [0.3, 0.4) is 0 Å². The van der Waals surface area contributed by atoms with E-state index in [2.05, 4.69) is 169 Å². The molecule has 0 radical (unpaired) electrons. The molecule has 1 N–H and O–H groups in total. The second kappa shape index (κ2) is 14.2. The fourth-order valence-electron chi connectivity index (χ4n) is 8.66. The van der Waals surface area contributed by atoms with Gasteiger partial charge in [-0.2, -0.15) is 0 Å². The number of aliphatic imine (C=N–C) groups is 2. The van der Waals surface area contributed by atoms with Crippen molar-refractivity contribution in [2.24, 2.45) is 9.98 Å². The average molecular weight is 746 g/mol. The minimum atomic E-state index is -0.186. The average Bonchev–Trinajstić information content (AvgIpc) is 3.74. The van der Waals surface area contributed by atoms with Crippen LogP contribution in [-0.2, 0) is 5.41 Å². The molecule has 0 bridgehead atoms. The van der Waals surface area contributed by atoms with E-state index in [4.69, 9.17) is 9.98 Å². The predicted octanol–water partition coefficient (Wildman–Crippen LogP) is 12.7. The molecule has 5 heteroatoms. The molecule has 0 unspecified atom stereocenters. The molecule has 1 aliphatic carbocycles. The van der Waals surface area contributed by atoms with Gasteiger partial charge in [0.05, 0.1) is 11.0 Å². The van der Waals surface area contributed by atoms with Gasteiger partial charge in [-0.25, -0.2) is 9.98 Å². The van der Waals surface area contributed by atoms with Crippen LogP contribution in [0, 0.1) is 5.41 Å². The minimum absolute atomic E-state index is 0.143. The van der Waals surface area contributed by atoms with Crippen LogP contribution in [0.5, 0.6) is 0 Å². The molecule has 0 fully saturated rings. The molecule has 0 saturated heterocycles. The van der Waals surface area contributed by atoms with E-state index >= 15 is 0 Å². The molecule has 10 rings (SSSR count). The summed E-state index contributed by atoms with van der Waals surface area (Å²) in [6.45, 7) is 4.55. The Kier molecular flexibility index (Phi) is 8.57. The fourth-order valence-corrected chi connectivity index (χ4v) is 8.66. The highest BCUT2D eigenvalue weighted by Gasteiger charge is 2.37.